The minimum Gasteiger partial charge on any atom is -0.295 e. The van der Waals surface area contributed by atoms with Gasteiger partial charge in [-0.15, -0.1) is 0 Å². The average Bonchev–Trinajstić information content (AvgIpc) is 3.06. The number of halogens is 2. The summed E-state index contributed by atoms with van der Waals surface area (Å²) in [5, 5.41) is 0. The van der Waals surface area contributed by atoms with E-state index in [-0.39, 0.29) is 27.2 Å². The summed E-state index contributed by atoms with van der Waals surface area (Å²) in [5.74, 6) is 1.26. The number of aromatic nitrogens is 1. The molecule has 0 N–H and O–H groups in total. The lowest BCUT2D eigenvalue weighted by Crippen LogP contribution is -2.62. The topological polar surface area (TPSA) is 30.0 Å². The molecule has 0 bridgehead atoms. The van der Waals surface area contributed by atoms with E-state index in [9.17, 15) is 13.6 Å². The SMILES string of the molecule is CCC1C[C@@H]2[C@](C)(CC[C@]3(C)C(c4cncc(C(F)F)c4)=CC[C@@]23C)[C@@]2(C)CCC(=O)C=C12. The van der Waals surface area contributed by atoms with Gasteiger partial charge in [0, 0.05) is 24.4 Å². The monoisotopic (exact) mass is 453 g/mol. The van der Waals surface area contributed by atoms with Gasteiger partial charge in [-0.3, -0.25) is 9.78 Å². The molecule has 0 saturated heterocycles. The zero-order valence-corrected chi connectivity index (χ0v) is 20.7. The molecular formula is C29H37F2NO. The molecule has 33 heavy (non-hydrogen) atoms. The molecule has 2 saturated carbocycles. The zero-order valence-electron chi connectivity index (χ0n) is 20.7. The maximum absolute atomic E-state index is 13.4. The van der Waals surface area contributed by atoms with Crippen molar-refractivity contribution < 1.29 is 13.6 Å². The van der Waals surface area contributed by atoms with Crippen LogP contribution < -0.4 is 0 Å². The van der Waals surface area contributed by atoms with Crippen molar-refractivity contribution in [2.45, 2.75) is 86.0 Å². The van der Waals surface area contributed by atoms with Crippen LogP contribution >= 0.6 is 0 Å². The van der Waals surface area contributed by atoms with E-state index in [1.165, 1.54) is 17.3 Å². The van der Waals surface area contributed by atoms with Crippen molar-refractivity contribution >= 4 is 11.4 Å². The minimum absolute atomic E-state index is 0.00382. The van der Waals surface area contributed by atoms with Gasteiger partial charge in [0.05, 0.1) is 0 Å². The fourth-order valence-electron chi connectivity index (χ4n) is 8.65. The van der Waals surface area contributed by atoms with E-state index in [4.69, 9.17) is 0 Å². The smallest absolute Gasteiger partial charge is 0.265 e. The lowest BCUT2D eigenvalue weighted by molar-refractivity contribution is -0.157. The van der Waals surface area contributed by atoms with Gasteiger partial charge in [-0.05, 0) is 95.3 Å². The molecule has 4 aliphatic carbocycles. The molecule has 4 aliphatic rings. The molecule has 5 rings (SSSR count). The van der Waals surface area contributed by atoms with Gasteiger partial charge in [0.2, 0.25) is 0 Å². The molecule has 1 aromatic rings. The number of carbonyl (C=O) groups is 1. The fourth-order valence-corrected chi connectivity index (χ4v) is 8.65. The van der Waals surface area contributed by atoms with Crippen LogP contribution in [-0.2, 0) is 4.79 Å². The van der Waals surface area contributed by atoms with Crippen molar-refractivity contribution in [2.75, 3.05) is 0 Å². The van der Waals surface area contributed by atoms with Crippen LogP contribution in [0.2, 0.25) is 0 Å². The lowest BCUT2D eigenvalue weighted by Gasteiger charge is -2.69. The van der Waals surface area contributed by atoms with E-state index in [0.29, 0.717) is 24.0 Å². The van der Waals surface area contributed by atoms with Crippen LogP contribution in [0.4, 0.5) is 8.78 Å². The molecule has 2 fully saturated rings. The number of ketones is 1. The maximum atomic E-state index is 13.4. The minimum atomic E-state index is -2.50. The second-order valence-electron chi connectivity index (χ2n) is 12.1. The molecule has 0 amide bonds. The molecule has 0 aliphatic heterocycles. The van der Waals surface area contributed by atoms with Crippen molar-refractivity contribution in [2.24, 2.45) is 33.5 Å². The van der Waals surface area contributed by atoms with Crippen molar-refractivity contribution in [1.29, 1.82) is 0 Å². The number of nitrogens with zero attached hydrogens (tertiary/aromatic N) is 1. The van der Waals surface area contributed by atoms with E-state index in [1.54, 1.807) is 12.3 Å². The second kappa shape index (κ2) is 7.33. The van der Waals surface area contributed by atoms with E-state index in [2.05, 4.69) is 45.7 Å². The van der Waals surface area contributed by atoms with Gasteiger partial charge in [-0.2, -0.15) is 0 Å². The molecule has 178 valence electrons. The Morgan fingerprint density at radius 2 is 1.82 bits per heavy atom. The zero-order chi connectivity index (χ0) is 23.8. The Morgan fingerprint density at radius 1 is 1.06 bits per heavy atom. The largest absolute Gasteiger partial charge is 0.295 e. The van der Waals surface area contributed by atoms with Gasteiger partial charge in [0.15, 0.2) is 5.78 Å². The average molecular weight is 454 g/mol. The van der Waals surface area contributed by atoms with Crippen molar-refractivity contribution in [1.82, 2.24) is 4.98 Å². The molecule has 0 aromatic carbocycles. The number of hydrogen-bond acceptors (Lipinski definition) is 2. The molecule has 0 radical (unpaired) electrons. The van der Waals surface area contributed by atoms with Crippen molar-refractivity contribution in [3.8, 4) is 0 Å². The summed E-state index contributed by atoms with van der Waals surface area (Å²) in [6, 6.07) is 1.65. The number of fused-ring (bicyclic) bond motifs is 5. The highest BCUT2D eigenvalue weighted by Crippen LogP contribution is 2.77. The third-order valence-corrected chi connectivity index (χ3v) is 11.1. The number of hydrogen-bond donors (Lipinski definition) is 0. The molecule has 0 spiro atoms. The molecule has 1 aromatic heterocycles. The molecule has 2 nitrogen and oxygen atoms in total. The van der Waals surface area contributed by atoms with Gasteiger partial charge in [-0.25, -0.2) is 8.78 Å². The van der Waals surface area contributed by atoms with Gasteiger partial charge in [-0.1, -0.05) is 46.3 Å². The highest BCUT2D eigenvalue weighted by Gasteiger charge is 2.68. The Kier molecular flexibility index (Phi) is 5.09. The summed E-state index contributed by atoms with van der Waals surface area (Å²) < 4.78 is 26.9. The first-order valence-electron chi connectivity index (χ1n) is 12.7. The van der Waals surface area contributed by atoms with Crippen LogP contribution in [-0.4, -0.2) is 10.8 Å². The molecule has 4 heteroatoms. The highest BCUT2D eigenvalue weighted by atomic mass is 19.3. The number of rotatable bonds is 3. The summed E-state index contributed by atoms with van der Waals surface area (Å²) in [4.78, 5) is 16.6. The Balaban J connectivity index is 1.59. The van der Waals surface area contributed by atoms with E-state index >= 15 is 0 Å². The van der Waals surface area contributed by atoms with Crippen LogP contribution in [0.25, 0.3) is 5.57 Å². The predicted octanol–water partition coefficient (Wildman–Crippen LogP) is 7.96. The van der Waals surface area contributed by atoms with Gasteiger partial charge in [0.1, 0.15) is 0 Å². The van der Waals surface area contributed by atoms with Gasteiger partial charge < -0.3 is 0 Å². The van der Waals surface area contributed by atoms with E-state index < -0.39 is 6.43 Å². The summed E-state index contributed by atoms with van der Waals surface area (Å²) in [6.45, 7) is 12.0. The van der Waals surface area contributed by atoms with Crippen molar-refractivity contribution in [3.05, 3.63) is 47.3 Å². The number of allylic oxidation sites excluding steroid dienone is 4. The van der Waals surface area contributed by atoms with Gasteiger partial charge in [0.25, 0.3) is 6.43 Å². The summed E-state index contributed by atoms with van der Waals surface area (Å²) in [7, 11) is 0. The first-order chi connectivity index (χ1) is 15.5. The highest BCUT2D eigenvalue weighted by molar-refractivity contribution is 5.92. The summed E-state index contributed by atoms with van der Waals surface area (Å²) in [5.41, 5.74) is 3.65. The van der Waals surface area contributed by atoms with Crippen molar-refractivity contribution in [3.63, 3.8) is 0 Å². The summed E-state index contributed by atoms with van der Waals surface area (Å²) >= 11 is 0. The van der Waals surface area contributed by atoms with Crippen LogP contribution in [0.15, 0.2) is 36.2 Å². The third kappa shape index (κ3) is 2.88. The quantitative estimate of drug-likeness (QED) is 0.465. The molecule has 1 unspecified atom stereocenters. The Labute approximate surface area is 196 Å². The van der Waals surface area contributed by atoms with Crippen LogP contribution in [0.1, 0.15) is 97.1 Å². The standard InChI is InChI=1S/C29H37F2NO/c1-6-18-14-24-28(4)10-8-22(19-13-20(25(30)31)17-32-16-19)27(28,3)11-12-29(24,5)26(2)9-7-21(33)15-23(18)26/h8,13,15-18,24-25H,6-7,9-12,14H2,1-5H3/t18?,24-,26-,27+,28-,29-/m0/s1. The molecule has 6 atom stereocenters. The fraction of sp³-hybridized carbons (Fsp3) is 0.655. The first-order valence-corrected chi connectivity index (χ1v) is 12.7. The third-order valence-electron chi connectivity index (χ3n) is 11.1. The normalized spacial score (nSPS) is 42.4. The number of alkyl halides is 2. The lowest BCUT2D eigenvalue weighted by atomic mass is 9.35. The van der Waals surface area contributed by atoms with E-state index in [1.807, 2.05) is 6.08 Å². The van der Waals surface area contributed by atoms with E-state index in [0.717, 1.165) is 44.1 Å². The first kappa shape index (κ1) is 22.9. The Morgan fingerprint density at radius 3 is 2.52 bits per heavy atom. The molecular weight excluding hydrogens is 416 g/mol. The van der Waals surface area contributed by atoms with Crippen LogP contribution in [0.3, 0.4) is 0 Å². The number of pyridine rings is 1. The van der Waals surface area contributed by atoms with Crippen LogP contribution in [0, 0.1) is 33.5 Å². The van der Waals surface area contributed by atoms with Crippen LogP contribution in [0.5, 0.6) is 0 Å². The Bertz CT molecular complexity index is 1060. The predicted molar refractivity (Wildman–Crippen MR) is 128 cm³/mol. The Hall–Kier alpha value is -1.84. The number of carbonyl (C=O) groups excluding carboxylic acids is 1. The molecule has 1 heterocycles. The maximum Gasteiger partial charge on any atom is 0.265 e. The van der Waals surface area contributed by atoms with Gasteiger partial charge >= 0.3 is 0 Å². The second-order valence-corrected chi connectivity index (χ2v) is 12.1. The summed E-state index contributed by atoms with van der Waals surface area (Å²) in [6.07, 6.45) is 11.8.